The van der Waals surface area contributed by atoms with Crippen LogP contribution in [0.15, 0.2) is 18.2 Å². The molecule has 1 atom stereocenters. The number of aliphatic hydroxyl groups is 1. The third-order valence-corrected chi connectivity index (χ3v) is 3.32. The van der Waals surface area contributed by atoms with E-state index in [0.717, 1.165) is 3.57 Å². The van der Waals surface area contributed by atoms with Crippen LogP contribution in [0.5, 0.6) is 0 Å². The van der Waals surface area contributed by atoms with Crippen molar-refractivity contribution in [2.24, 2.45) is 0 Å². The minimum atomic E-state index is -1.51. The first-order valence-electron chi connectivity index (χ1n) is 5.64. The molecule has 1 rings (SSSR count). The van der Waals surface area contributed by atoms with E-state index in [1.165, 1.54) is 6.92 Å². The molecule has 110 valence electrons. The summed E-state index contributed by atoms with van der Waals surface area (Å²) < 4.78 is 0.933. The fourth-order valence-electron chi connectivity index (χ4n) is 1.42. The van der Waals surface area contributed by atoms with E-state index < -0.39 is 24.0 Å². The fourth-order valence-corrected chi connectivity index (χ4v) is 2.32. The smallest absolute Gasteiger partial charge is 0.319 e. The summed E-state index contributed by atoms with van der Waals surface area (Å²) in [6.07, 6.45) is -0.461. The van der Waals surface area contributed by atoms with Gasteiger partial charge in [-0.25, -0.2) is 4.79 Å². The number of hydrogen-bond donors (Lipinski definition) is 4. The van der Waals surface area contributed by atoms with Gasteiger partial charge in [-0.1, -0.05) is 11.6 Å². The SMILES string of the molecule is CC(O)(CNC(=O)Nc1ccc(I)cc1Cl)CC(=O)O. The summed E-state index contributed by atoms with van der Waals surface area (Å²) in [5, 5.41) is 23.7. The molecule has 20 heavy (non-hydrogen) atoms. The van der Waals surface area contributed by atoms with Crippen molar-refractivity contribution in [3.63, 3.8) is 0 Å². The van der Waals surface area contributed by atoms with Crippen molar-refractivity contribution >= 4 is 51.9 Å². The maximum atomic E-state index is 11.6. The summed E-state index contributed by atoms with van der Waals surface area (Å²) in [6.45, 7) is 1.15. The Labute approximate surface area is 134 Å². The summed E-state index contributed by atoms with van der Waals surface area (Å²) in [5.74, 6) is -1.14. The minimum Gasteiger partial charge on any atom is -0.481 e. The Morgan fingerprint density at radius 1 is 1.45 bits per heavy atom. The summed E-state index contributed by atoms with van der Waals surface area (Å²) in [6, 6.07) is 4.55. The van der Waals surface area contributed by atoms with Crippen LogP contribution in [0.3, 0.4) is 0 Å². The number of halogens is 2. The van der Waals surface area contributed by atoms with Gasteiger partial charge in [-0.05, 0) is 47.7 Å². The van der Waals surface area contributed by atoms with Crippen LogP contribution in [0.1, 0.15) is 13.3 Å². The maximum Gasteiger partial charge on any atom is 0.319 e. The standard InChI is InChI=1S/C12H14ClIN2O4/c1-12(20,5-10(17)18)6-15-11(19)16-9-3-2-7(14)4-8(9)13/h2-4,20H,5-6H2,1H3,(H,17,18)(H2,15,16,19). The van der Waals surface area contributed by atoms with Crippen molar-refractivity contribution in [1.29, 1.82) is 0 Å². The highest BCUT2D eigenvalue weighted by molar-refractivity contribution is 14.1. The monoisotopic (exact) mass is 412 g/mol. The number of urea groups is 1. The van der Waals surface area contributed by atoms with E-state index in [-0.39, 0.29) is 6.54 Å². The van der Waals surface area contributed by atoms with Crippen LogP contribution in [0.4, 0.5) is 10.5 Å². The van der Waals surface area contributed by atoms with Crippen molar-refractivity contribution < 1.29 is 19.8 Å². The normalized spacial score (nSPS) is 13.4. The molecule has 0 heterocycles. The Hall–Kier alpha value is -1.06. The number of aliphatic carboxylic acids is 1. The number of hydrogen-bond acceptors (Lipinski definition) is 3. The average molecular weight is 413 g/mol. The molecule has 1 aromatic carbocycles. The number of carboxylic acids is 1. The van der Waals surface area contributed by atoms with Crippen molar-refractivity contribution in [2.45, 2.75) is 18.9 Å². The summed E-state index contributed by atoms with van der Waals surface area (Å²) in [5.41, 5.74) is -1.08. The van der Waals surface area contributed by atoms with Gasteiger partial charge in [0.2, 0.25) is 0 Å². The van der Waals surface area contributed by atoms with Gasteiger partial charge in [-0.15, -0.1) is 0 Å². The summed E-state index contributed by atoms with van der Waals surface area (Å²) in [4.78, 5) is 22.2. The van der Waals surface area contributed by atoms with Gasteiger partial charge in [-0.2, -0.15) is 0 Å². The lowest BCUT2D eigenvalue weighted by molar-refractivity contribution is -0.141. The first kappa shape index (κ1) is 17.0. The lowest BCUT2D eigenvalue weighted by Crippen LogP contribution is -2.43. The Balaban J connectivity index is 2.54. The topological polar surface area (TPSA) is 98.7 Å². The number of rotatable bonds is 5. The fraction of sp³-hybridized carbons (Fsp3) is 0.333. The van der Waals surface area contributed by atoms with E-state index in [2.05, 4.69) is 33.2 Å². The third-order valence-electron chi connectivity index (χ3n) is 2.34. The molecule has 0 fully saturated rings. The average Bonchev–Trinajstić information content (AvgIpc) is 2.29. The largest absolute Gasteiger partial charge is 0.481 e. The van der Waals surface area contributed by atoms with Crippen LogP contribution in [0, 0.1) is 3.57 Å². The van der Waals surface area contributed by atoms with Gasteiger partial charge >= 0.3 is 12.0 Å². The van der Waals surface area contributed by atoms with Gasteiger partial charge in [0.05, 0.1) is 22.7 Å². The van der Waals surface area contributed by atoms with Crippen LogP contribution in [-0.4, -0.2) is 34.4 Å². The number of carbonyl (C=O) groups excluding carboxylic acids is 1. The summed E-state index contributed by atoms with van der Waals surface area (Å²) >= 11 is 8.05. The Morgan fingerprint density at radius 2 is 2.10 bits per heavy atom. The van der Waals surface area contributed by atoms with Crippen molar-refractivity contribution in [1.82, 2.24) is 5.32 Å². The number of carboxylic acid groups (broad SMARTS) is 1. The van der Waals surface area contributed by atoms with Gasteiger partial charge < -0.3 is 20.8 Å². The number of nitrogens with one attached hydrogen (secondary N) is 2. The molecule has 8 heteroatoms. The molecular weight excluding hydrogens is 398 g/mol. The van der Waals surface area contributed by atoms with Crippen molar-refractivity contribution in [3.05, 3.63) is 26.8 Å². The molecule has 0 aromatic heterocycles. The Bertz CT molecular complexity index is 522. The highest BCUT2D eigenvalue weighted by atomic mass is 127. The second-order valence-electron chi connectivity index (χ2n) is 4.50. The molecule has 0 saturated heterocycles. The van der Waals surface area contributed by atoms with E-state index in [9.17, 15) is 14.7 Å². The van der Waals surface area contributed by atoms with Crippen LogP contribution < -0.4 is 10.6 Å². The number of benzene rings is 1. The lowest BCUT2D eigenvalue weighted by atomic mass is 10.0. The van der Waals surface area contributed by atoms with E-state index >= 15 is 0 Å². The molecule has 0 bridgehead atoms. The Kier molecular flexibility index (Phi) is 6.03. The van der Waals surface area contributed by atoms with Gasteiger partial charge in [0.25, 0.3) is 0 Å². The molecule has 6 nitrogen and oxygen atoms in total. The van der Waals surface area contributed by atoms with Gasteiger partial charge in [0.1, 0.15) is 0 Å². The first-order chi connectivity index (χ1) is 9.19. The molecule has 4 N–H and O–H groups in total. The van der Waals surface area contributed by atoms with Crippen LogP contribution in [0.25, 0.3) is 0 Å². The van der Waals surface area contributed by atoms with Crippen LogP contribution in [0.2, 0.25) is 5.02 Å². The second kappa shape index (κ2) is 7.09. The Morgan fingerprint density at radius 3 is 2.65 bits per heavy atom. The number of anilines is 1. The second-order valence-corrected chi connectivity index (χ2v) is 6.15. The quantitative estimate of drug-likeness (QED) is 0.558. The molecule has 2 amide bonds. The van der Waals surface area contributed by atoms with Crippen LogP contribution in [-0.2, 0) is 4.79 Å². The zero-order chi connectivity index (χ0) is 15.3. The van der Waals surface area contributed by atoms with E-state index in [4.69, 9.17) is 16.7 Å². The lowest BCUT2D eigenvalue weighted by Gasteiger charge is -2.21. The third kappa shape index (κ3) is 5.93. The molecule has 0 aliphatic carbocycles. The molecule has 1 aromatic rings. The molecule has 0 aliphatic heterocycles. The van der Waals surface area contributed by atoms with Gasteiger partial charge in [0.15, 0.2) is 0 Å². The van der Waals surface area contributed by atoms with Crippen molar-refractivity contribution in [2.75, 3.05) is 11.9 Å². The molecule has 0 spiro atoms. The summed E-state index contributed by atoms with van der Waals surface area (Å²) in [7, 11) is 0. The molecule has 1 unspecified atom stereocenters. The predicted molar refractivity (Wildman–Crippen MR) is 84.1 cm³/mol. The molecule has 0 saturated carbocycles. The predicted octanol–water partition coefficient (Wildman–Crippen LogP) is 2.29. The number of carbonyl (C=O) groups is 2. The zero-order valence-corrected chi connectivity index (χ0v) is 13.5. The highest BCUT2D eigenvalue weighted by Gasteiger charge is 2.24. The first-order valence-corrected chi connectivity index (χ1v) is 7.09. The number of amides is 2. The van der Waals surface area contributed by atoms with Gasteiger partial charge in [-0.3, -0.25) is 4.79 Å². The molecule has 0 aliphatic rings. The zero-order valence-electron chi connectivity index (χ0n) is 10.6. The van der Waals surface area contributed by atoms with E-state index in [1.807, 2.05) is 0 Å². The molecular formula is C12H14ClIN2O4. The maximum absolute atomic E-state index is 11.6. The van der Waals surface area contributed by atoms with Crippen LogP contribution >= 0.6 is 34.2 Å². The highest BCUT2D eigenvalue weighted by Crippen LogP contribution is 2.23. The van der Waals surface area contributed by atoms with Gasteiger partial charge in [0, 0.05) is 10.1 Å². The van der Waals surface area contributed by atoms with E-state index in [0.29, 0.717) is 10.7 Å². The molecule has 0 radical (unpaired) electrons. The minimum absolute atomic E-state index is 0.187. The van der Waals surface area contributed by atoms with E-state index in [1.54, 1.807) is 18.2 Å². The van der Waals surface area contributed by atoms with Crippen molar-refractivity contribution in [3.8, 4) is 0 Å².